The van der Waals surface area contributed by atoms with Crippen LogP contribution < -0.4 is 0 Å². The topological polar surface area (TPSA) is 37.4 Å². The Hall–Kier alpha value is -1.39. The number of hydrogen-bond acceptors (Lipinski definition) is 2. The summed E-state index contributed by atoms with van der Waals surface area (Å²) in [5.74, 6) is 0. The molecular formula is C15H19NO2S. The fourth-order valence-corrected chi connectivity index (χ4v) is 3.09. The Kier molecular flexibility index (Phi) is 3.92. The zero-order valence-electron chi connectivity index (χ0n) is 11.5. The van der Waals surface area contributed by atoms with Gasteiger partial charge in [-0.2, -0.15) is 0 Å². The van der Waals surface area contributed by atoms with E-state index in [4.69, 9.17) is 0 Å². The zero-order valence-corrected chi connectivity index (χ0v) is 12.3. The van der Waals surface area contributed by atoms with Gasteiger partial charge < -0.3 is 0 Å². The summed E-state index contributed by atoms with van der Waals surface area (Å²) < 4.78 is 25.5. The van der Waals surface area contributed by atoms with Crippen LogP contribution in [0.2, 0.25) is 0 Å². The quantitative estimate of drug-likeness (QED) is 0.861. The molecule has 0 aromatic heterocycles. The van der Waals surface area contributed by atoms with Crippen LogP contribution >= 0.6 is 0 Å². The van der Waals surface area contributed by atoms with Gasteiger partial charge in [0.05, 0.1) is 5.25 Å². The number of nitrogens with zero attached hydrogens (tertiary/aromatic N) is 1. The first-order valence-corrected chi connectivity index (χ1v) is 7.84. The Labute approximate surface area is 114 Å². The molecule has 0 spiro atoms. The lowest BCUT2D eigenvalue weighted by molar-refractivity contribution is 0.460. The molecule has 0 bridgehead atoms. The summed E-state index contributed by atoms with van der Waals surface area (Å²) in [4.78, 5) is 0. The summed E-state index contributed by atoms with van der Waals surface area (Å²) in [5, 5.41) is 1.91. The van der Waals surface area contributed by atoms with Crippen molar-refractivity contribution in [3.05, 3.63) is 48.0 Å². The highest BCUT2D eigenvalue weighted by Gasteiger charge is 2.21. The Bertz CT molecular complexity index is 677. The molecule has 2 aromatic rings. The second-order valence-corrected chi connectivity index (χ2v) is 7.63. The first kappa shape index (κ1) is 14.0. The van der Waals surface area contributed by atoms with Gasteiger partial charge in [0.1, 0.15) is 0 Å². The minimum atomic E-state index is -3.20. The number of sulfonamides is 1. The lowest BCUT2D eigenvalue weighted by Crippen LogP contribution is -2.32. The zero-order chi connectivity index (χ0) is 14.0. The van der Waals surface area contributed by atoms with Crippen molar-refractivity contribution in [3.8, 4) is 0 Å². The Morgan fingerprint density at radius 2 is 1.68 bits per heavy atom. The van der Waals surface area contributed by atoms with Gasteiger partial charge in [-0.25, -0.2) is 12.7 Å². The predicted molar refractivity (Wildman–Crippen MR) is 79.5 cm³/mol. The number of hydrogen-bond donors (Lipinski definition) is 0. The molecule has 0 N–H and O–H groups in total. The van der Waals surface area contributed by atoms with Crippen molar-refractivity contribution < 1.29 is 8.42 Å². The van der Waals surface area contributed by atoms with Gasteiger partial charge in [0.2, 0.25) is 10.0 Å². The van der Waals surface area contributed by atoms with E-state index in [0.29, 0.717) is 6.54 Å². The van der Waals surface area contributed by atoms with Gasteiger partial charge in [0.25, 0.3) is 0 Å². The van der Waals surface area contributed by atoms with Crippen LogP contribution in [-0.2, 0) is 16.6 Å². The van der Waals surface area contributed by atoms with Crippen molar-refractivity contribution in [1.82, 2.24) is 4.31 Å². The highest BCUT2D eigenvalue weighted by molar-refractivity contribution is 7.89. The van der Waals surface area contributed by atoms with E-state index < -0.39 is 15.3 Å². The van der Waals surface area contributed by atoms with Crippen molar-refractivity contribution >= 4 is 20.8 Å². The number of fused-ring (bicyclic) bond motifs is 1. The first-order valence-electron chi connectivity index (χ1n) is 6.34. The monoisotopic (exact) mass is 277 g/mol. The van der Waals surface area contributed by atoms with Crippen molar-refractivity contribution in [2.75, 3.05) is 7.05 Å². The molecule has 0 unspecified atom stereocenters. The molecule has 3 nitrogen and oxygen atoms in total. The summed E-state index contributed by atoms with van der Waals surface area (Å²) >= 11 is 0. The van der Waals surface area contributed by atoms with E-state index >= 15 is 0 Å². The molecule has 0 radical (unpaired) electrons. The van der Waals surface area contributed by atoms with Crippen LogP contribution in [-0.4, -0.2) is 25.0 Å². The molecule has 0 aliphatic heterocycles. The molecule has 2 aromatic carbocycles. The predicted octanol–water partition coefficient (Wildman–Crippen LogP) is 3.01. The van der Waals surface area contributed by atoms with Crippen molar-refractivity contribution in [2.24, 2.45) is 0 Å². The van der Waals surface area contributed by atoms with Gasteiger partial charge in [0.15, 0.2) is 0 Å². The van der Waals surface area contributed by atoms with Crippen LogP contribution in [0.4, 0.5) is 0 Å². The maximum Gasteiger partial charge on any atom is 0.216 e. The summed E-state index contributed by atoms with van der Waals surface area (Å²) in [6.45, 7) is 3.81. The second kappa shape index (κ2) is 5.31. The minimum Gasteiger partial charge on any atom is -0.212 e. The number of rotatable bonds is 4. The molecular weight excluding hydrogens is 258 g/mol. The third kappa shape index (κ3) is 2.96. The van der Waals surface area contributed by atoms with Gasteiger partial charge in [-0.3, -0.25) is 0 Å². The number of benzene rings is 2. The third-order valence-electron chi connectivity index (χ3n) is 3.25. The van der Waals surface area contributed by atoms with Gasteiger partial charge in [0, 0.05) is 13.6 Å². The van der Waals surface area contributed by atoms with Crippen molar-refractivity contribution in [3.63, 3.8) is 0 Å². The molecule has 0 amide bonds. The van der Waals surface area contributed by atoms with Gasteiger partial charge in [-0.05, 0) is 36.2 Å². The van der Waals surface area contributed by atoms with Crippen LogP contribution in [0.25, 0.3) is 10.8 Å². The van der Waals surface area contributed by atoms with Crippen molar-refractivity contribution in [1.29, 1.82) is 0 Å². The molecule has 2 rings (SSSR count). The van der Waals surface area contributed by atoms with Crippen molar-refractivity contribution in [2.45, 2.75) is 25.6 Å². The van der Waals surface area contributed by atoms with Crippen LogP contribution in [0.5, 0.6) is 0 Å². The first-order chi connectivity index (χ1) is 8.91. The third-order valence-corrected chi connectivity index (χ3v) is 5.44. The van der Waals surface area contributed by atoms with E-state index in [0.717, 1.165) is 10.9 Å². The molecule has 102 valence electrons. The molecule has 0 saturated carbocycles. The smallest absolute Gasteiger partial charge is 0.212 e. The molecule has 4 heteroatoms. The summed E-state index contributed by atoms with van der Waals surface area (Å²) in [5.41, 5.74) is 1.01. The molecule has 0 atom stereocenters. The SMILES string of the molecule is CC(C)S(=O)(=O)N(C)Cc1ccc2ccccc2c1. The fraction of sp³-hybridized carbons (Fsp3) is 0.333. The van der Waals surface area contributed by atoms with Gasteiger partial charge in [-0.1, -0.05) is 36.4 Å². The molecule has 0 fully saturated rings. The fourth-order valence-electron chi connectivity index (χ4n) is 2.04. The molecule has 0 aliphatic carbocycles. The molecule has 0 aliphatic rings. The Morgan fingerprint density at radius 3 is 2.32 bits per heavy atom. The van der Waals surface area contributed by atoms with E-state index in [1.165, 1.54) is 9.69 Å². The molecule has 0 saturated heterocycles. The van der Waals surface area contributed by atoms with Crippen LogP contribution in [0.15, 0.2) is 42.5 Å². The Balaban J connectivity index is 2.27. The average molecular weight is 277 g/mol. The maximum atomic E-state index is 12.0. The molecule has 19 heavy (non-hydrogen) atoms. The largest absolute Gasteiger partial charge is 0.216 e. The van der Waals surface area contributed by atoms with E-state index in [9.17, 15) is 8.42 Å². The van der Waals surface area contributed by atoms with Crippen LogP contribution in [0.3, 0.4) is 0 Å². The van der Waals surface area contributed by atoms with E-state index in [1.807, 2.05) is 42.5 Å². The lowest BCUT2D eigenvalue weighted by atomic mass is 10.1. The molecule has 0 heterocycles. The van der Waals surface area contributed by atoms with E-state index in [-0.39, 0.29) is 0 Å². The average Bonchev–Trinajstić information content (AvgIpc) is 2.38. The van der Waals surface area contributed by atoms with Gasteiger partial charge >= 0.3 is 0 Å². The maximum absolute atomic E-state index is 12.0. The van der Waals surface area contributed by atoms with E-state index in [2.05, 4.69) is 0 Å². The van der Waals surface area contributed by atoms with Crippen LogP contribution in [0, 0.1) is 0 Å². The normalized spacial score (nSPS) is 12.5. The second-order valence-electron chi connectivity index (χ2n) is 5.03. The van der Waals surface area contributed by atoms with Crippen LogP contribution in [0.1, 0.15) is 19.4 Å². The highest BCUT2D eigenvalue weighted by atomic mass is 32.2. The van der Waals surface area contributed by atoms with E-state index in [1.54, 1.807) is 20.9 Å². The minimum absolute atomic E-state index is 0.391. The lowest BCUT2D eigenvalue weighted by Gasteiger charge is -2.19. The standard InChI is InChI=1S/C15H19NO2S/c1-12(2)19(17,18)16(3)11-13-8-9-14-6-4-5-7-15(14)10-13/h4-10,12H,11H2,1-3H3. The summed E-state index contributed by atoms with van der Waals surface area (Å²) in [6, 6.07) is 14.1. The summed E-state index contributed by atoms with van der Waals surface area (Å²) in [6.07, 6.45) is 0. The summed E-state index contributed by atoms with van der Waals surface area (Å²) in [7, 11) is -1.57. The highest BCUT2D eigenvalue weighted by Crippen LogP contribution is 2.18. The van der Waals surface area contributed by atoms with Gasteiger partial charge in [-0.15, -0.1) is 0 Å². The Morgan fingerprint density at radius 1 is 1.05 bits per heavy atom.